The van der Waals surface area contributed by atoms with Gasteiger partial charge in [-0.25, -0.2) is 5.43 Å². The predicted octanol–water partition coefficient (Wildman–Crippen LogP) is 4.52. The second-order valence-electron chi connectivity index (χ2n) is 7.85. The highest BCUT2D eigenvalue weighted by Gasteiger charge is 2.16. The van der Waals surface area contributed by atoms with Crippen molar-refractivity contribution in [1.82, 2.24) is 15.0 Å². The van der Waals surface area contributed by atoms with Gasteiger partial charge in [0.05, 0.1) is 15.6 Å². The van der Waals surface area contributed by atoms with Crippen LogP contribution in [0.1, 0.15) is 31.2 Å². The Balaban J connectivity index is 1.59. The average Bonchev–Trinajstić information content (AvgIpc) is 3.12. The summed E-state index contributed by atoms with van der Waals surface area (Å²) in [5.74, 6) is 0.685. The molecule has 0 amide bonds. The van der Waals surface area contributed by atoms with Gasteiger partial charge < -0.3 is 20.4 Å². The van der Waals surface area contributed by atoms with Gasteiger partial charge in [0.25, 0.3) is 5.69 Å². The molecule has 1 saturated heterocycles. The van der Waals surface area contributed by atoms with E-state index in [9.17, 15) is 20.3 Å². The molecule has 0 saturated carbocycles. The van der Waals surface area contributed by atoms with Crippen LogP contribution in [0.3, 0.4) is 0 Å². The second kappa shape index (κ2) is 11.0. The molecule has 12 nitrogen and oxygen atoms in total. The highest BCUT2D eigenvalue weighted by molar-refractivity contribution is 9.10. The van der Waals surface area contributed by atoms with E-state index in [4.69, 9.17) is 0 Å². The van der Waals surface area contributed by atoms with E-state index in [1.54, 1.807) is 12.1 Å². The first-order valence-electron chi connectivity index (χ1n) is 10.9. The molecule has 2 aromatic carbocycles. The lowest BCUT2D eigenvalue weighted by atomic mass is 10.2. The molecule has 0 unspecified atom stereocenters. The van der Waals surface area contributed by atoms with Crippen LogP contribution < -0.4 is 15.6 Å². The summed E-state index contributed by atoms with van der Waals surface area (Å²) in [6.45, 7) is 1.64. The van der Waals surface area contributed by atoms with Gasteiger partial charge in [-0.3, -0.25) is 10.1 Å². The Morgan fingerprint density at radius 1 is 1.00 bits per heavy atom. The van der Waals surface area contributed by atoms with Crippen LogP contribution >= 0.6 is 15.9 Å². The summed E-state index contributed by atoms with van der Waals surface area (Å²) >= 11 is 3.20. The van der Waals surface area contributed by atoms with Gasteiger partial charge in [-0.1, -0.05) is 12.8 Å². The number of nitrogens with one attached hydrogen (secondary N) is 2. The maximum absolute atomic E-state index is 10.9. The molecule has 0 radical (unpaired) electrons. The van der Waals surface area contributed by atoms with Crippen LogP contribution in [0.25, 0.3) is 0 Å². The number of phenols is 2. The van der Waals surface area contributed by atoms with Gasteiger partial charge in [0, 0.05) is 42.5 Å². The van der Waals surface area contributed by atoms with Gasteiger partial charge in [-0.2, -0.15) is 20.1 Å². The lowest BCUT2D eigenvalue weighted by molar-refractivity contribution is -0.384. The van der Waals surface area contributed by atoms with E-state index in [1.165, 1.54) is 30.5 Å². The number of phenolic OH excluding ortho intramolecular Hbond substituents is 2. The number of non-ortho nitro benzene ring substituents is 1. The Hall–Kier alpha value is -4.00. The number of aromatic hydroxyl groups is 2. The topological polar surface area (TPSA) is 162 Å². The van der Waals surface area contributed by atoms with Crippen LogP contribution in [0.5, 0.6) is 11.5 Å². The summed E-state index contributed by atoms with van der Waals surface area (Å²) in [7, 11) is 0. The van der Waals surface area contributed by atoms with Gasteiger partial charge >= 0.3 is 0 Å². The first-order valence-corrected chi connectivity index (χ1v) is 11.7. The Bertz CT molecular complexity index is 1230. The fraction of sp³-hybridized carbons (Fsp3) is 0.273. The molecule has 13 heteroatoms. The number of halogens is 1. The Labute approximate surface area is 209 Å². The van der Waals surface area contributed by atoms with E-state index in [-0.39, 0.29) is 29.1 Å². The number of hydrazone groups is 1. The number of nitro groups is 1. The van der Waals surface area contributed by atoms with Crippen LogP contribution in [0.4, 0.5) is 29.2 Å². The minimum atomic E-state index is -0.464. The molecular formula is C22H23BrN8O4. The zero-order valence-electron chi connectivity index (χ0n) is 18.6. The number of anilines is 4. The normalized spacial score (nSPS) is 14.0. The van der Waals surface area contributed by atoms with Crippen LogP contribution in [0.2, 0.25) is 0 Å². The molecule has 4 N–H and O–H groups in total. The highest BCUT2D eigenvalue weighted by Crippen LogP contribution is 2.30. The highest BCUT2D eigenvalue weighted by atomic mass is 79.9. The monoisotopic (exact) mass is 542 g/mol. The number of hydrogen-bond acceptors (Lipinski definition) is 11. The average molecular weight is 543 g/mol. The zero-order valence-corrected chi connectivity index (χ0v) is 20.1. The van der Waals surface area contributed by atoms with Crippen LogP contribution in [0, 0.1) is 10.1 Å². The first-order chi connectivity index (χ1) is 16.9. The summed E-state index contributed by atoms with van der Waals surface area (Å²) in [5, 5.41) is 37.8. The second-order valence-corrected chi connectivity index (χ2v) is 8.70. The van der Waals surface area contributed by atoms with E-state index in [1.807, 2.05) is 0 Å². The van der Waals surface area contributed by atoms with Crippen LogP contribution in [0.15, 0.2) is 46.0 Å². The maximum atomic E-state index is 10.9. The van der Waals surface area contributed by atoms with Crippen molar-refractivity contribution in [3.63, 3.8) is 0 Å². The molecule has 1 aliphatic rings. The molecule has 3 aromatic rings. The van der Waals surface area contributed by atoms with Crippen molar-refractivity contribution in [3.05, 3.63) is 56.5 Å². The maximum Gasteiger partial charge on any atom is 0.269 e. The summed E-state index contributed by atoms with van der Waals surface area (Å²) < 4.78 is 0.412. The SMILES string of the molecule is O=[N+]([O-])c1ccc(Nc2nc(N/N=C\c3cc(Br)c(O)cc3O)nc(N3CCCCCC3)n2)cc1. The van der Waals surface area contributed by atoms with Crippen molar-refractivity contribution in [3.8, 4) is 11.5 Å². The first kappa shape index (κ1) is 24.1. The summed E-state index contributed by atoms with van der Waals surface area (Å²) in [5.41, 5.74) is 3.69. The molecule has 182 valence electrons. The minimum absolute atomic E-state index is 0.0164. The van der Waals surface area contributed by atoms with E-state index in [0.29, 0.717) is 21.7 Å². The van der Waals surface area contributed by atoms with Crippen molar-refractivity contribution in [2.75, 3.05) is 28.7 Å². The molecule has 0 spiro atoms. The minimum Gasteiger partial charge on any atom is -0.507 e. The molecule has 1 aromatic heterocycles. The van der Waals surface area contributed by atoms with E-state index >= 15 is 0 Å². The standard InChI is InChI=1S/C22H23BrN8O4/c23-17-11-14(18(32)12-19(17)33)13-24-29-21-26-20(25-15-5-7-16(8-6-15)31(34)35)27-22(28-21)30-9-3-1-2-4-10-30/h5-8,11-13,32-33H,1-4,9-10H2,(H2,25,26,27,28,29)/b24-13-. The van der Waals surface area contributed by atoms with E-state index in [2.05, 4.69) is 51.6 Å². The summed E-state index contributed by atoms with van der Waals surface area (Å²) in [6.07, 6.45) is 5.74. The Kier molecular flexibility index (Phi) is 7.55. The lowest BCUT2D eigenvalue weighted by Crippen LogP contribution is -2.26. The van der Waals surface area contributed by atoms with E-state index < -0.39 is 4.92 Å². The van der Waals surface area contributed by atoms with Crippen molar-refractivity contribution >= 4 is 51.4 Å². The molecule has 0 atom stereocenters. The number of benzene rings is 2. The van der Waals surface area contributed by atoms with Crippen molar-refractivity contribution in [1.29, 1.82) is 0 Å². The largest absolute Gasteiger partial charge is 0.507 e. The van der Waals surface area contributed by atoms with Crippen molar-refractivity contribution in [2.24, 2.45) is 5.10 Å². The smallest absolute Gasteiger partial charge is 0.269 e. The third-order valence-electron chi connectivity index (χ3n) is 5.31. The molecule has 2 heterocycles. The lowest BCUT2D eigenvalue weighted by Gasteiger charge is -2.21. The molecule has 35 heavy (non-hydrogen) atoms. The van der Waals surface area contributed by atoms with Crippen molar-refractivity contribution in [2.45, 2.75) is 25.7 Å². The molecule has 4 rings (SSSR count). The van der Waals surface area contributed by atoms with E-state index in [0.717, 1.165) is 38.8 Å². The van der Waals surface area contributed by atoms with Crippen LogP contribution in [-0.2, 0) is 0 Å². The Morgan fingerprint density at radius 3 is 2.37 bits per heavy atom. The van der Waals surface area contributed by atoms with Gasteiger partial charge in [-0.05, 0) is 47.0 Å². The number of nitrogens with zero attached hydrogens (tertiary/aromatic N) is 6. The summed E-state index contributed by atoms with van der Waals surface area (Å²) in [4.78, 5) is 25.9. The number of nitro benzene ring substituents is 1. The predicted molar refractivity (Wildman–Crippen MR) is 136 cm³/mol. The van der Waals surface area contributed by atoms with Gasteiger partial charge in [-0.15, -0.1) is 0 Å². The quantitative estimate of drug-likeness (QED) is 0.189. The van der Waals surface area contributed by atoms with Gasteiger partial charge in [0.1, 0.15) is 11.5 Å². The fourth-order valence-corrected chi connectivity index (χ4v) is 3.87. The fourth-order valence-electron chi connectivity index (χ4n) is 3.51. The van der Waals surface area contributed by atoms with Gasteiger partial charge in [0.15, 0.2) is 0 Å². The number of hydrogen-bond donors (Lipinski definition) is 4. The number of aromatic nitrogens is 3. The molecule has 1 aliphatic heterocycles. The van der Waals surface area contributed by atoms with Crippen molar-refractivity contribution < 1.29 is 15.1 Å². The molecule has 0 aliphatic carbocycles. The molecule has 0 bridgehead atoms. The third kappa shape index (κ3) is 6.32. The third-order valence-corrected chi connectivity index (χ3v) is 5.95. The van der Waals surface area contributed by atoms with Gasteiger partial charge in [0.2, 0.25) is 17.8 Å². The molecule has 1 fully saturated rings. The molecular weight excluding hydrogens is 520 g/mol. The zero-order chi connectivity index (χ0) is 24.8. The number of rotatable bonds is 7. The summed E-state index contributed by atoms with van der Waals surface area (Å²) in [6, 6.07) is 8.66. The van der Waals surface area contributed by atoms with Crippen LogP contribution in [-0.4, -0.2) is 49.4 Å². The Morgan fingerprint density at radius 2 is 1.69 bits per heavy atom.